The lowest BCUT2D eigenvalue weighted by Gasteiger charge is -2.47. The number of thiazole rings is 1. The number of phenols is 1. The Morgan fingerprint density at radius 2 is 2.12 bits per heavy atom. The standard InChI is InChI=1S/C23H24FN7OS/c1-22-6-7-23(2,30-22)20(24)16(9-22)31(3)18-11-26-21(29-28-18)14-5-4-13(8-17(14)32)15-12-33-19(10-25)27-15/h4-5,8,11-12,16,20,30,32H,6-7,9H2,1-3H3/t16-,20-,22-,23+/m0/s1. The average molecular weight is 466 g/mol. The number of nitrogens with zero attached hydrogens (tertiary/aromatic N) is 6. The van der Waals surface area contributed by atoms with E-state index in [1.54, 1.807) is 29.8 Å². The highest BCUT2D eigenvalue weighted by atomic mass is 32.1. The van der Waals surface area contributed by atoms with E-state index in [1.165, 1.54) is 11.3 Å². The zero-order valence-corrected chi connectivity index (χ0v) is 19.4. The maximum Gasteiger partial charge on any atom is 0.194 e. The Balaban J connectivity index is 1.37. The molecular weight excluding hydrogens is 441 g/mol. The summed E-state index contributed by atoms with van der Waals surface area (Å²) < 4.78 is 15.4. The van der Waals surface area contributed by atoms with Crippen molar-refractivity contribution in [3.05, 3.63) is 34.8 Å². The van der Waals surface area contributed by atoms with Crippen LogP contribution in [0, 0.1) is 11.3 Å². The van der Waals surface area contributed by atoms with Gasteiger partial charge in [0.15, 0.2) is 16.6 Å². The number of rotatable bonds is 4. The van der Waals surface area contributed by atoms with Gasteiger partial charge in [0.05, 0.1) is 23.5 Å². The van der Waals surface area contributed by atoms with Gasteiger partial charge in [0.1, 0.15) is 18.0 Å². The van der Waals surface area contributed by atoms with Gasteiger partial charge in [-0.3, -0.25) is 0 Å². The van der Waals surface area contributed by atoms with E-state index < -0.39 is 11.7 Å². The smallest absolute Gasteiger partial charge is 0.194 e. The van der Waals surface area contributed by atoms with Crippen molar-refractivity contribution < 1.29 is 9.50 Å². The number of phenolic OH excluding ortho intramolecular Hbond substituents is 1. The van der Waals surface area contributed by atoms with E-state index in [-0.39, 0.29) is 23.2 Å². The number of aromatic hydroxyl groups is 1. The van der Waals surface area contributed by atoms with Crippen LogP contribution in [0.15, 0.2) is 29.8 Å². The van der Waals surface area contributed by atoms with E-state index in [2.05, 4.69) is 32.4 Å². The van der Waals surface area contributed by atoms with E-state index in [0.717, 1.165) is 12.8 Å². The van der Waals surface area contributed by atoms with Crippen molar-refractivity contribution in [2.75, 3.05) is 11.9 Å². The number of halogens is 1. The lowest BCUT2D eigenvalue weighted by molar-refractivity contribution is 0.0859. The van der Waals surface area contributed by atoms with Gasteiger partial charge in [-0.25, -0.2) is 14.4 Å². The highest BCUT2D eigenvalue weighted by molar-refractivity contribution is 7.10. The van der Waals surface area contributed by atoms with Crippen LogP contribution in [0.5, 0.6) is 5.75 Å². The van der Waals surface area contributed by atoms with Gasteiger partial charge in [-0.05, 0) is 45.2 Å². The molecule has 2 N–H and O–H groups in total. The number of anilines is 1. The second-order valence-corrected chi connectivity index (χ2v) is 10.3. The number of nitrogens with one attached hydrogen (secondary N) is 1. The number of nitriles is 1. The first kappa shape index (κ1) is 21.7. The van der Waals surface area contributed by atoms with E-state index in [9.17, 15) is 5.11 Å². The normalized spacial score (nSPS) is 28.5. The molecule has 8 nitrogen and oxygen atoms in total. The Kier molecular flexibility index (Phi) is 5.06. The van der Waals surface area contributed by atoms with E-state index in [0.29, 0.717) is 34.1 Å². The molecule has 3 aromatic rings. The van der Waals surface area contributed by atoms with Gasteiger partial charge in [0.25, 0.3) is 0 Å². The molecule has 2 fully saturated rings. The molecule has 33 heavy (non-hydrogen) atoms. The summed E-state index contributed by atoms with van der Waals surface area (Å²) in [6, 6.07) is 6.73. The second-order valence-electron chi connectivity index (χ2n) is 9.41. The molecule has 2 aromatic heterocycles. The monoisotopic (exact) mass is 465 g/mol. The zero-order chi connectivity index (χ0) is 23.4. The van der Waals surface area contributed by atoms with Crippen LogP contribution in [0.25, 0.3) is 22.6 Å². The largest absolute Gasteiger partial charge is 0.507 e. The first-order valence-electron chi connectivity index (χ1n) is 10.8. The molecule has 170 valence electrons. The van der Waals surface area contributed by atoms with Crippen molar-refractivity contribution in [3.63, 3.8) is 0 Å². The summed E-state index contributed by atoms with van der Waals surface area (Å²) in [5.74, 6) is 0.748. The Labute approximate surface area is 195 Å². The maximum absolute atomic E-state index is 15.4. The lowest BCUT2D eigenvalue weighted by Crippen LogP contribution is -2.65. The van der Waals surface area contributed by atoms with Gasteiger partial charge in [-0.15, -0.1) is 21.5 Å². The fraction of sp³-hybridized carbons (Fsp3) is 0.435. The van der Waals surface area contributed by atoms with Crippen molar-refractivity contribution in [1.82, 2.24) is 25.5 Å². The molecule has 0 unspecified atom stereocenters. The summed E-state index contributed by atoms with van der Waals surface area (Å²) in [4.78, 5) is 10.4. The van der Waals surface area contributed by atoms with Crippen molar-refractivity contribution in [1.29, 1.82) is 5.26 Å². The molecule has 2 saturated heterocycles. The predicted molar refractivity (Wildman–Crippen MR) is 124 cm³/mol. The Hall–Kier alpha value is -3.16. The first-order valence-corrected chi connectivity index (χ1v) is 11.6. The van der Waals surface area contributed by atoms with E-state index in [4.69, 9.17) is 5.26 Å². The van der Waals surface area contributed by atoms with Crippen LogP contribution in [0.2, 0.25) is 0 Å². The number of fused-ring (bicyclic) bond motifs is 2. The van der Waals surface area contributed by atoms with Crippen LogP contribution in [0.1, 0.15) is 38.1 Å². The van der Waals surface area contributed by atoms with Gasteiger partial charge in [-0.1, -0.05) is 6.07 Å². The SMILES string of the molecule is CN(c1cnc(-c2ccc(-c3csc(C#N)n3)cc2O)nn1)[C@H]1C[C@]2(C)CC[C@@](C)(N2)[C@H]1F. The molecular formula is C23H24FN7OS. The van der Waals surface area contributed by atoms with Crippen LogP contribution in [-0.4, -0.2) is 55.6 Å². The van der Waals surface area contributed by atoms with Crippen LogP contribution in [-0.2, 0) is 0 Å². The minimum atomic E-state index is -1.04. The molecule has 5 rings (SSSR count). The minimum absolute atomic E-state index is 0.0125. The minimum Gasteiger partial charge on any atom is -0.507 e. The van der Waals surface area contributed by atoms with Crippen LogP contribution >= 0.6 is 11.3 Å². The molecule has 4 atom stereocenters. The molecule has 0 aliphatic carbocycles. The molecule has 0 amide bonds. The quantitative estimate of drug-likeness (QED) is 0.600. The average Bonchev–Trinajstić information content (AvgIpc) is 3.39. The third-order valence-electron chi connectivity index (χ3n) is 6.93. The summed E-state index contributed by atoms with van der Waals surface area (Å²) in [6.07, 6.45) is 2.97. The van der Waals surface area contributed by atoms with E-state index in [1.807, 2.05) is 24.9 Å². The molecule has 2 aliphatic heterocycles. The molecule has 1 aromatic carbocycles. The van der Waals surface area contributed by atoms with Gasteiger partial charge in [-0.2, -0.15) is 5.26 Å². The van der Waals surface area contributed by atoms with Gasteiger partial charge < -0.3 is 15.3 Å². The number of piperidine rings is 1. The molecule has 0 saturated carbocycles. The fourth-order valence-electron chi connectivity index (χ4n) is 5.09. The van der Waals surface area contributed by atoms with Crippen molar-refractivity contribution in [2.24, 2.45) is 0 Å². The topological polar surface area (TPSA) is 111 Å². The Bertz CT molecular complexity index is 1240. The highest BCUT2D eigenvalue weighted by Gasteiger charge is 2.56. The highest BCUT2D eigenvalue weighted by Crippen LogP contribution is 2.45. The third-order valence-corrected chi connectivity index (χ3v) is 7.68. The van der Waals surface area contributed by atoms with Crippen LogP contribution < -0.4 is 10.2 Å². The summed E-state index contributed by atoms with van der Waals surface area (Å²) in [6.45, 7) is 4.10. The van der Waals surface area contributed by atoms with Crippen molar-refractivity contribution in [3.8, 4) is 34.5 Å². The summed E-state index contributed by atoms with van der Waals surface area (Å²) >= 11 is 1.25. The first-order chi connectivity index (χ1) is 15.7. The summed E-state index contributed by atoms with van der Waals surface area (Å²) in [5, 5.41) is 33.6. The van der Waals surface area contributed by atoms with Crippen LogP contribution in [0.4, 0.5) is 10.2 Å². The molecule has 10 heteroatoms. The number of hydrogen-bond donors (Lipinski definition) is 2. The summed E-state index contributed by atoms with van der Waals surface area (Å²) in [7, 11) is 1.83. The maximum atomic E-state index is 15.4. The molecule has 2 aliphatic rings. The fourth-order valence-corrected chi connectivity index (χ4v) is 5.71. The molecule has 0 spiro atoms. The molecule has 4 heterocycles. The number of aromatic nitrogens is 4. The van der Waals surface area contributed by atoms with Gasteiger partial charge in [0.2, 0.25) is 0 Å². The number of alkyl halides is 1. The zero-order valence-electron chi connectivity index (χ0n) is 18.6. The van der Waals surface area contributed by atoms with Crippen molar-refractivity contribution >= 4 is 17.2 Å². The van der Waals surface area contributed by atoms with Crippen molar-refractivity contribution in [2.45, 2.75) is 56.4 Å². The van der Waals surface area contributed by atoms with Gasteiger partial charge in [0, 0.05) is 29.1 Å². The number of hydrogen-bond acceptors (Lipinski definition) is 9. The molecule has 2 bridgehead atoms. The van der Waals surface area contributed by atoms with Gasteiger partial charge >= 0.3 is 0 Å². The van der Waals surface area contributed by atoms with E-state index >= 15 is 4.39 Å². The van der Waals surface area contributed by atoms with Crippen LogP contribution in [0.3, 0.4) is 0 Å². The third kappa shape index (κ3) is 3.71. The Morgan fingerprint density at radius 3 is 2.79 bits per heavy atom. The second kappa shape index (κ2) is 7.71. The molecule has 0 radical (unpaired) electrons. The Morgan fingerprint density at radius 1 is 1.30 bits per heavy atom. The lowest BCUT2D eigenvalue weighted by atomic mass is 9.82. The predicted octanol–water partition coefficient (Wildman–Crippen LogP) is 3.69. The number of benzene rings is 1. The summed E-state index contributed by atoms with van der Waals surface area (Å²) in [5.41, 5.74) is 1.12.